The lowest BCUT2D eigenvalue weighted by Gasteiger charge is -2.36. The standard InChI is InChI=1S/C55H55N5O7/c1-3-36-16-15-18-41(32-36)59(4-2)50(61)35-60-46-21-10-7-17-38(46)34-47(60)53(64)58-40-27-24-37(25-28-40)51(62)56-30-13-5-6-14-31-57-52(63)39-26-29-43-42(33-39)54(65)67-55(43)44-19-8-11-22-48(44)66-49-23-12-9-20-45(49)55/h7-10,15-23,26,29,32-34,37,40H,3-6,13-14,24-25,27-28,30-31,35H2,1-2H3,(H,56,62)(H,57,63)(H,58,64). The van der Waals surface area contributed by atoms with E-state index < -0.39 is 11.6 Å². The summed E-state index contributed by atoms with van der Waals surface area (Å²) >= 11 is 0. The number of nitrogens with one attached hydrogen (secondary N) is 3. The van der Waals surface area contributed by atoms with Crippen molar-refractivity contribution in [3.8, 4) is 11.5 Å². The van der Waals surface area contributed by atoms with Crippen LogP contribution in [0.4, 0.5) is 5.69 Å². The molecule has 1 aliphatic carbocycles. The number of aromatic nitrogens is 1. The van der Waals surface area contributed by atoms with Gasteiger partial charge in [0, 0.05) is 70.4 Å². The Balaban J connectivity index is 0.700. The molecule has 2 radical (unpaired) electrons. The molecule has 67 heavy (non-hydrogen) atoms. The predicted molar refractivity (Wildman–Crippen MR) is 255 cm³/mol. The van der Waals surface area contributed by atoms with E-state index in [1.807, 2.05) is 72.2 Å². The summed E-state index contributed by atoms with van der Waals surface area (Å²) in [6.07, 6.45) is 7.00. The summed E-state index contributed by atoms with van der Waals surface area (Å²) in [5.41, 5.74) is 4.82. The summed E-state index contributed by atoms with van der Waals surface area (Å²) in [6, 6.07) is 39.4. The molecular formula is C55H55N5O7. The highest BCUT2D eigenvalue weighted by atomic mass is 16.6. The van der Waals surface area contributed by atoms with Gasteiger partial charge in [0.15, 0.2) is 5.60 Å². The second-order valence-corrected chi connectivity index (χ2v) is 17.6. The molecule has 4 amide bonds. The fourth-order valence-electron chi connectivity index (χ4n) is 9.91. The SMILES string of the molecule is CCc1cccc(N(CC)C(=O)Cn2c(C(=O)NC3CCC(C(=O)NCCCCCCNC(=O)c4ccc5c(c4)C(=O)OC54c5cc[c]cc5Oc5c[c]ccc54)CC3)cc3ccccc32)c1. The minimum atomic E-state index is -1.21. The summed E-state index contributed by atoms with van der Waals surface area (Å²) in [4.78, 5) is 69.1. The number of nitrogens with zero attached hydrogens (tertiary/aromatic N) is 2. The number of para-hydroxylation sites is 1. The number of unbranched alkanes of at least 4 members (excludes halogenated alkanes) is 3. The van der Waals surface area contributed by atoms with Crippen molar-refractivity contribution in [2.24, 2.45) is 5.92 Å². The maximum absolute atomic E-state index is 13.8. The van der Waals surface area contributed by atoms with Crippen molar-refractivity contribution in [1.29, 1.82) is 0 Å². The van der Waals surface area contributed by atoms with Gasteiger partial charge in [0.2, 0.25) is 11.8 Å². The molecule has 0 unspecified atom stereocenters. The Bertz CT molecular complexity index is 2800. The lowest BCUT2D eigenvalue weighted by Crippen LogP contribution is -2.42. The third-order valence-corrected chi connectivity index (χ3v) is 13.5. The van der Waals surface area contributed by atoms with E-state index in [2.05, 4.69) is 41.1 Å². The van der Waals surface area contributed by atoms with Gasteiger partial charge in [0.05, 0.1) is 5.56 Å². The van der Waals surface area contributed by atoms with Gasteiger partial charge in [-0.2, -0.15) is 0 Å². The van der Waals surface area contributed by atoms with E-state index in [0.29, 0.717) is 90.3 Å². The van der Waals surface area contributed by atoms with E-state index in [0.717, 1.165) is 54.3 Å². The van der Waals surface area contributed by atoms with Crippen molar-refractivity contribution in [2.45, 2.75) is 89.8 Å². The second-order valence-electron chi connectivity index (χ2n) is 17.6. The number of carbonyl (C=O) groups is 5. The molecule has 12 nitrogen and oxygen atoms in total. The molecular weight excluding hydrogens is 843 g/mol. The first-order valence-corrected chi connectivity index (χ1v) is 23.6. The number of esters is 1. The number of amides is 4. The molecule has 6 aromatic rings. The number of benzene rings is 5. The first-order chi connectivity index (χ1) is 32.7. The molecule has 1 aromatic heterocycles. The van der Waals surface area contributed by atoms with Crippen molar-refractivity contribution in [3.63, 3.8) is 0 Å². The van der Waals surface area contributed by atoms with Crippen LogP contribution in [-0.2, 0) is 32.9 Å². The second kappa shape index (κ2) is 19.7. The number of aryl methyl sites for hydroxylation is 1. The number of fused-ring (bicyclic) bond motifs is 7. The maximum Gasteiger partial charge on any atom is 0.340 e. The Morgan fingerprint density at radius 3 is 2.19 bits per heavy atom. The molecule has 342 valence electrons. The van der Waals surface area contributed by atoms with E-state index in [1.165, 1.54) is 0 Å². The predicted octanol–water partition coefficient (Wildman–Crippen LogP) is 8.82. The summed E-state index contributed by atoms with van der Waals surface area (Å²) in [7, 11) is 0. The van der Waals surface area contributed by atoms with Crippen LogP contribution in [0, 0.1) is 18.1 Å². The Labute approximate surface area is 391 Å². The molecule has 0 atom stereocenters. The van der Waals surface area contributed by atoms with Gasteiger partial charge in [0.1, 0.15) is 23.7 Å². The van der Waals surface area contributed by atoms with E-state index >= 15 is 0 Å². The number of anilines is 1. The molecule has 9 rings (SSSR count). The van der Waals surface area contributed by atoms with Crippen LogP contribution < -0.4 is 25.6 Å². The zero-order valence-electron chi connectivity index (χ0n) is 38.0. The summed E-state index contributed by atoms with van der Waals surface area (Å²) < 4.78 is 14.1. The normalized spacial score (nSPS) is 16.5. The summed E-state index contributed by atoms with van der Waals surface area (Å²) in [5.74, 6) is -0.0606. The van der Waals surface area contributed by atoms with Gasteiger partial charge in [0.25, 0.3) is 11.8 Å². The molecule has 1 fully saturated rings. The number of likely N-dealkylation sites (N-methyl/N-ethyl adjacent to an activating group) is 1. The van der Waals surface area contributed by atoms with Crippen molar-refractivity contribution >= 4 is 46.2 Å². The maximum atomic E-state index is 13.8. The van der Waals surface area contributed by atoms with E-state index in [1.54, 1.807) is 47.4 Å². The zero-order chi connectivity index (χ0) is 46.5. The van der Waals surface area contributed by atoms with Crippen molar-refractivity contribution in [3.05, 3.63) is 160 Å². The number of hydrogen-bond donors (Lipinski definition) is 3. The lowest BCUT2D eigenvalue weighted by atomic mass is 9.77. The van der Waals surface area contributed by atoms with E-state index in [-0.39, 0.29) is 42.1 Å². The van der Waals surface area contributed by atoms with Crippen molar-refractivity contribution < 1.29 is 33.4 Å². The fraction of sp³-hybridized carbons (Fsp3) is 0.327. The molecule has 3 heterocycles. The Hall–Kier alpha value is -7.21. The summed E-state index contributed by atoms with van der Waals surface area (Å²) in [6.45, 7) is 5.65. The molecule has 12 heteroatoms. The van der Waals surface area contributed by atoms with Gasteiger partial charge >= 0.3 is 5.97 Å². The van der Waals surface area contributed by atoms with Gasteiger partial charge in [-0.15, -0.1) is 0 Å². The van der Waals surface area contributed by atoms with Crippen LogP contribution in [0.15, 0.2) is 109 Å². The highest BCUT2D eigenvalue weighted by Crippen LogP contribution is 2.55. The number of ether oxygens (including phenoxy) is 2. The Morgan fingerprint density at radius 2 is 1.48 bits per heavy atom. The van der Waals surface area contributed by atoms with Gasteiger partial charge in [-0.3, -0.25) is 19.2 Å². The van der Waals surface area contributed by atoms with Gasteiger partial charge in [-0.05, 0) is 130 Å². The minimum absolute atomic E-state index is 0.0316. The van der Waals surface area contributed by atoms with Crippen LogP contribution in [0.5, 0.6) is 11.5 Å². The summed E-state index contributed by atoms with van der Waals surface area (Å²) in [5, 5.41) is 10.2. The largest absolute Gasteiger partial charge is 0.456 e. The smallest absolute Gasteiger partial charge is 0.340 e. The molecule has 3 N–H and O–H groups in total. The van der Waals surface area contributed by atoms with Crippen LogP contribution in [0.3, 0.4) is 0 Å². The number of carbonyl (C=O) groups excluding carboxylic acids is 5. The van der Waals surface area contributed by atoms with Gasteiger partial charge in [-0.1, -0.05) is 68.3 Å². The number of rotatable bonds is 16. The van der Waals surface area contributed by atoms with E-state index in [4.69, 9.17) is 9.47 Å². The first-order valence-electron chi connectivity index (χ1n) is 23.6. The molecule has 0 saturated heterocycles. The van der Waals surface area contributed by atoms with Crippen LogP contribution in [0.25, 0.3) is 10.9 Å². The third kappa shape index (κ3) is 9.04. The fourth-order valence-corrected chi connectivity index (χ4v) is 9.91. The quantitative estimate of drug-likeness (QED) is 0.0650. The van der Waals surface area contributed by atoms with Crippen LogP contribution in [0.2, 0.25) is 0 Å². The third-order valence-electron chi connectivity index (χ3n) is 13.5. The zero-order valence-corrected chi connectivity index (χ0v) is 38.0. The van der Waals surface area contributed by atoms with E-state index in [9.17, 15) is 24.0 Å². The first kappa shape index (κ1) is 45.0. The number of hydrogen-bond acceptors (Lipinski definition) is 7. The molecule has 1 saturated carbocycles. The average molecular weight is 898 g/mol. The average Bonchev–Trinajstić information content (AvgIpc) is 3.87. The van der Waals surface area contributed by atoms with Crippen LogP contribution in [0.1, 0.15) is 119 Å². The Morgan fingerprint density at radius 1 is 0.761 bits per heavy atom. The molecule has 5 aromatic carbocycles. The van der Waals surface area contributed by atoms with Crippen molar-refractivity contribution in [2.75, 3.05) is 24.5 Å². The van der Waals surface area contributed by atoms with Crippen LogP contribution in [-0.4, -0.2) is 59.8 Å². The monoisotopic (exact) mass is 897 g/mol. The highest BCUT2D eigenvalue weighted by Gasteiger charge is 2.53. The van der Waals surface area contributed by atoms with Crippen LogP contribution >= 0.6 is 0 Å². The highest BCUT2D eigenvalue weighted by molar-refractivity contribution is 6.02. The van der Waals surface area contributed by atoms with Gasteiger partial charge < -0.3 is 34.9 Å². The Kier molecular flexibility index (Phi) is 13.2. The van der Waals surface area contributed by atoms with Gasteiger partial charge in [-0.25, -0.2) is 4.79 Å². The molecule has 1 spiro atoms. The molecule has 2 aliphatic heterocycles. The topological polar surface area (TPSA) is 148 Å². The molecule has 3 aliphatic rings. The lowest BCUT2D eigenvalue weighted by molar-refractivity contribution is -0.126. The van der Waals surface area contributed by atoms with Crippen molar-refractivity contribution in [1.82, 2.24) is 20.5 Å². The minimum Gasteiger partial charge on any atom is -0.456 e. The molecule has 0 bridgehead atoms.